The van der Waals surface area contributed by atoms with Crippen LogP contribution in [0.3, 0.4) is 0 Å². The molecule has 2 N–H and O–H groups in total. The van der Waals surface area contributed by atoms with Gasteiger partial charge in [-0.15, -0.1) is 0 Å². The largest absolute Gasteiger partial charge is 0.497 e. The van der Waals surface area contributed by atoms with Gasteiger partial charge in [0, 0.05) is 6.07 Å². The van der Waals surface area contributed by atoms with Crippen molar-refractivity contribution in [1.82, 2.24) is 0 Å². The molecule has 0 atom stereocenters. The van der Waals surface area contributed by atoms with E-state index >= 15 is 0 Å². The van der Waals surface area contributed by atoms with Gasteiger partial charge in [0.1, 0.15) is 17.2 Å². The number of rotatable bonds is 9. The summed E-state index contributed by atoms with van der Waals surface area (Å²) in [6, 6.07) is 21.5. The summed E-state index contributed by atoms with van der Waals surface area (Å²) < 4.78 is 38.6. The second-order valence-corrected chi connectivity index (χ2v) is 9.66. The predicted molar refractivity (Wildman–Crippen MR) is 143 cm³/mol. The number of hydrogen-bond acceptors (Lipinski definition) is 8. The zero-order valence-corrected chi connectivity index (χ0v) is 21.1. The number of benzene rings is 4. The lowest BCUT2D eigenvalue weighted by atomic mass is 10.0. The maximum atomic E-state index is 12.9. The minimum atomic E-state index is -4.13. The average molecular weight is 521 g/mol. The molecule has 0 fully saturated rings. The number of methoxy groups -OCH3 is 2. The highest BCUT2D eigenvalue weighted by Crippen LogP contribution is 2.31. The van der Waals surface area contributed by atoms with Gasteiger partial charge in [0.15, 0.2) is 0 Å². The fourth-order valence-corrected chi connectivity index (χ4v) is 4.73. The molecule has 0 bridgehead atoms. The first-order valence-electron chi connectivity index (χ1n) is 11.0. The second kappa shape index (κ2) is 10.5. The topological polar surface area (TPSA) is 132 Å². The van der Waals surface area contributed by atoms with E-state index in [1.165, 1.54) is 25.3 Å². The van der Waals surface area contributed by atoms with Gasteiger partial charge >= 0.3 is 0 Å². The van der Waals surface area contributed by atoms with Crippen molar-refractivity contribution in [2.45, 2.75) is 11.8 Å². The van der Waals surface area contributed by atoms with Crippen LogP contribution in [0.2, 0.25) is 0 Å². The summed E-state index contributed by atoms with van der Waals surface area (Å²) in [5, 5.41) is 18.0. The highest BCUT2D eigenvalue weighted by molar-refractivity contribution is 7.92. The lowest BCUT2D eigenvalue weighted by Crippen LogP contribution is -2.14. The number of fused-ring (bicyclic) bond motifs is 1. The molecular formula is C26H24N4O6S. The molecule has 4 aromatic carbocycles. The van der Waals surface area contributed by atoms with Crippen molar-refractivity contribution in [3.8, 4) is 11.5 Å². The third-order valence-electron chi connectivity index (χ3n) is 5.64. The fourth-order valence-electron chi connectivity index (χ4n) is 3.64. The molecular weight excluding hydrogens is 496 g/mol. The number of anilines is 2. The van der Waals surface area contributed by atoms with Gasteiger partial charge in [-0.05, 0) is 65.7 Å². The number of hydrogen-bond donors (Lipinski definition) is 2. The monoisotopic (exact) mass is 520 g/mol. The fraction of sp³-hybridized carbons (Fsp3) is 0.115. The van der Waals surface area contributed by atoms with E-state index in [1.54, 1.807) is 32.2 Å². The molecule has 4 rings (SSSR count). The Morgan fingerprint density at radius 2 is 1.62 bits per heavy atom. The molecule has 37 heavy (non-hydrogen) atoms. The molecule has 11 heteroatoms. The van der Waals surface area contributed by atoms with Crippen LogP contribution >= 0.6 is 0 Å². The number of para-hydroxylation sites is 2. The lowest BCUT2D eigenvalue weighted by Gasteiger charge is -2.12. The van der Waals surface area contributed by atoms with Crippen LogP contribution in [0.4, 0.5) is 17.1 Å². The molecule has 10 nitrogen and oxygen atoms in total. The summed E-state index contributed by atoms with van der Waals surface area (Å²) in [5.41, 5.74) is 3.91. The summed E-state index contributed by atoms with van der Waals surface area (Å²) in [4.78, 5) is 10.8. The van der Waals surface area contributed by atoms with Crippen LogP contribution in [-0.2, 0) is 10.0 Å². The van der Waals surface area contributed by atoms with E-state index in [9.17, 15) is 18.5 Å². The molecule has 0 heterocycles. The third kappa shape index (κ3) is 5.62. The van der Waals surface area contributed by atoms with Crippen LogP contribution in [0.15, 0.2) is 88.9 Å². The van der Waals surface area contributed by atoms with Gasteiger partial charge in [0.2, 0.25) is 0 Å². The summed E-state index contributed by atoms with van der Waals surface area (Å²) in [5.74, 6) is 1.07. The van der Waals surface area contributed by atoms with E-state index in [0.29, 0.717) is 11.5 Å². The summed E-state index contributed by atoms with van der Waals surface area (Å²) in [7, 11) is -1.11. The first-order chi connectivity index (χ1) is 17.7. The Hall–Kier alpha value is -4.64. The molecule has 0 unspecified atom stereocenters. The first-order valence-corrected chi connectivity index (χ1v) is 12.5. The molecule has 0 aliphatic heterocycles. The Morgan fingerprint density at radius 1 is 0.892 bits per heavy atom. The highest BCUT2D eigenvalue weighted by atomic mass is 32.2. The summed E-state index contributed by atoms with van der Waals surface area (Å²) in [6.45, 7) is 1.76. The van der Waals surface area contributed by atoms with Gasteiger partial charge in [0.05, 0.1) is 35.4 Å². The van der Waals surface area contributed by atoms with Crippen LogP contribution in [0.5, 0.6) is 11.5 Å². The van der Waals surface area contributed by atoms with Crippen molar-refractivity contribution < 1.29 is 22.8 Å². The maximum Gasteiger partial charge on any atom is 0.295 e. The Morgan fingerprint density at radius 3 is 2.35 bits per heavy atom. The third-order valence-corrected chi connectivity index (χ3v) is 7.00. The quantitative estimate of drug-likeness (QED) is 0.171. The number of nitro groups is 1. The van der Waals surface area contributed by atoms with E-state index in [4.69, 9.17) is 9.47 Å². The van der Waals surface area contributed by atoms with E-state index in [0.717, 1.165) is 28.2 Å². The SMILES string of the molecule is COc1ccc2cc(/C(C)=N/Nc3ccc(S(=O)(=O)Nc4ccccc4OC)cc3[N+](=O)[O-])ccc2c1. The van der Waals surface area contributed by atoms with Gasteiger partial charge < -0.3 is 9.47 Å². The normalized spacial score (nSPS) is 11.7. The van der Waals surface area contributed by atoms with E-state index in [1.807, 2.05) is 36.4 Å². The Labute approximate surface area is 213 Å². The first kappa shape index (κ1) is 25.5. The predicted octanol–water partition coefficient (Wildman–Crippen LogP) is 5.40. The smallest absolute Gasteiger partial charge is 0.295 e. The number of nitrogens with one attached hydrogen (secondary N) is 2. The Balaban J connectivity index is 1.59. The molecule has 4 aromatic rings. The van der Waals surface area contributed by atoms with Crippen molar-refractivity contribution in [1.29, 1.82) is 0 Å². The summed E-state index contributed by atoms with van der Waals surface area (Å²) >= 11 is 0. The minimum absolute atomic E-state index is 0.0473. The van der Waals surface area contributed by atoms with Gasteiger partial charge in [-0.3, -0.25) is 20.3 Å². The number of nitro benzene ring substituents is 1. The standard InChI is InChI=1S/C26H24N4O6S/c1-17(18-8-9-20-15-21(35-2)11-10-19(20)14-18)27-28-23-13-12-22(16-25(23)30(31)32)37(33,34)29-24-6-4-5-7-26(24)36-3/h4-16,28-29H,1-3H3/b27-17+. The zero-order valence-electron chi connectivity index (χ0n) is 20.3. The van der Waals surface area contributed by atoms with E-state index in [-0.39, 0.29) is 16.3 Å². The van der Waals surface area contributed by atoms with Crippen molar-refractivity contribution in [3.63, 3.8) is 0 Å². The van der Waals surface area contributed by atoms with Gasteiger partial charge in [-0.2, -0.15) is 5.10 Å². The molecule has 0 aromatic heterocycles. The molecule has 0 saturated carbocycles. The number of hydrazone groups is 1. The highest BCUT2D eigenvalue weighted by Gasteiger charge is 2.22. The van der Waals surface area contributed by atoms with Crippen molar-refractivity contribution >= 4 is 43.6 Å². The molecule has 0 aliphatic rings. The lowest BCUT2D eigenvalue weighted by molar-refractivity contribution is -0.384. The van der Waals surface area contributed by atoms with Crippen molar-refractivity contribution in [3.05, 3.63) is 94.5 Å². The van der Waals surface area contributed by atoms with E-state index in [2.05, 4.69) is 15.2 Å². The second-order valence-electron chi connectivity index (χ2n) is 7.98. The van der Waals surface area contributed by atoms with E-state index < -0.39 is 20.6 Å². The van der Waals surface area contributed by atoms with Crippen molar-refractivity contribution in [2.24, 2.45) is 5.10 Å². The number of ether oxygens (including phenoxy) is 2. The van der Waals surface area contributed by atoms with Crippen LogP contribution in [-0.4, -0.2) is 33.3 Å². The molecule has 0 radical (unpaired) electrons. The maximum absolute atomic E-state index is 12.9. The molecule has 0 saturated heterocycles. The number of sulfonamides is 1. The molecule has 0 amide bonds. The molecule has 0 spiro atoms. The number of nitrogens with zero attached hydrogens (tertiary/aromatic N) is 2. The van der Waals surface area contributed by atoms with Crippen molar-refractivity contribution in [2.75, 3.05) is 24.4 Å². The van der Waals surface area contributed by atoms with Gasteiger partial charge in [-0.25, -0.2) is 8.42 Å². The van der Waals surface area contributed by atoms with Crippen LogP contribution in [0, 0.1) is 10.1 Å². The average Bonchev–Trinajstić information content (AvgIpc) is 2.90. The minimum Gasteiger partial charge on any atom is -0.497 e. The Kier molecular flexibility index (Phi) is 7.25. The summed E-state index contributed by atoms with van der Waals surface area (Å²) in [6.07, 6.45) is 0. The molecule has 0 aliphatic carbocycles. The Bertz CT molecular complexity index is 1620. The van der Waals surface area contributed by atoms with Crippen LogP contribution in [0.25, 0.3) is 10.8 Å². The van der Waals surface area contributed by atoms with Gasteiger partial charge in [0.25, 0.3) is 15.7 Å². The zero-order chi connectivity index (χ0) is 26.6. The van der Waals surface area contributed by atoms with Gasteiger partial charge in [-0.1, -0.05) is 30.3 Å². The van der Waals surface area contributed by atoms with Crippen LogP contribution < -0.4 is 19.6 Å². The van der Waals surface area contributed by atoms with Crippen LogP contribution in [0.1, 0.15) is 12.5 Å². The molecule has 190 valence electrons.